The maximum Gasteiger partial charge on any atom is 0.677 e. The van der Waals surface area contributed by atoms with Crippen molar-refractivity contribution in [1.29, 1.82) is 0 Å². The van der Waals surface area contributed by atoms with Crippen molar-refractivity contribution in [2.75, 3.05) is 28.3 Å². The minimum atomic E-state index is 0.0123. The van der Waals surface area contributed by atoms with E-state index in [2.05, 4.69) is 241 Å². The third-order valence-corrected chi connectivity index (χ3v) is 12.2. The Labute approximate surface area is 354 Å². The summed E-state index contributed by atoms with van der Waals surface area (Å²) >= 11 is 0. The Morgan fingerprint density at radius 1 is 0.533 bits per heavy atom. The summed E-state index contributed by atoms with van der Waals surface area (Å²) in [6.45, 7) is 9.85. The van der Waals surface area contributed by atoms with Crippen LogP contribution in [0.4, 0.5) is 28.4 Å². The molecule has 10 rings (SSSR count). The first-order chi connectivity index (χ1) is 29.4. The Morgan fingerprint density at radius 3 is 1.77 bits per heavy atom. The Kier molecular flexibility index (Phi) is 9.52. The Morgan fingerprint density at radius 2 is 1.12 bits per heavy atom. The van der Waals surface area contributed by atoms with Crippen LogP contribution in [0.5, 0.6) is 11.5 Å². The molecule has 0 saturated carbocycles. The molecule has 2 aliphatic rings. The van der Waals surface area contributed by atoms with E-state index in [1.54, 1.807) is 0 Å². The molecule has 0 radical (unpaired) electrons. The van der Waals surface area contributed by atoms with Crippen LogP contribution in [0.25, 0.3) is 27.9 Å². The van der Waals surface area contributed by atoms with Crippen LogP contribution in [-0.4, -0.2) is 25.4 Å². The molecule has 0 bridgehead atoms. The average Bonchev–Trinajstić information content (AvgIpc) is 3.93. The van der Waals surface area contributed by atoms with Gasteiger partial charge in [-0.2, -0.15) is 4.59 Å². The summed E-state index contributed by atoms with van der Waals surface area (Å²) in [7, 11) is 2.22. The fraction of sp³-hybridized carbons (Fsp3) is 0.151. The highest BCUT2D eigenvalue weighted by Gasteiger charge is 2.48. The van der Waals surface area contributed by atoms with E-state index in [-0.39, 0.29) is 6.98 Å². The molecule has 0 saturated heterocycles. The monoisotopic (exact) mass is 782 g/mol. The van der Waals surface area contributed by atoms with Gasteiger partial charge < -0.3 is 19.3 Å². The molecule has 60 heavy (non-hydrogen) atoms. The van der Waals surface area contributed by atoms with Gasteiger partial charge in [0.15, 0.2) is 6.20 Å². The summed E-state index contributed by atoms with van der Waals surface area (Å²) in [5.74, 6) is 2.38. The van der Waals surface area contributed by atoms with Crippen LogP contribution < -0.4 is 29.4 Å². The molecule has 0 aliphatic carbocycles. The zero-order chi connectivity index (χ0) is 40.9. The van der Waals surface area contributed by atoms with Crippen molar-refractivity contribution >= 4 is 40.9 Å². The van der Waals surface area contributed by atoms with Gasteiger partial charge in [-0.25, -0.2) is 0 Å². The van der Waals surface area contributed by atoms with Crippen molar-refractivity contribution in [2.45, 2.75) is 39.5 Å². The van der Waals surface area contributed by atoms with Crippen molar-refractivity contribution in [3.8, 4) is 39.4 Å². The standard InChI is InChI=1S/C53H49BN5O/c1-37(2)44-24-15-25-45(38(3)4)52(44)54-55(5)48-31-30-43(35-51(48)58-32-17-33-59(54)58)60-42-23-14-22-41(34-42)56-36-57(50-29-13-12-28-49(50)56)53-46(39-18-8-6-9-19-39)26-16-27-47(53)40-20-10-7-11-21-40/h6-35,37-38H,36H2,1-5H3/q+1. The third-order valence-electron chi connectivity index (χ3n) is 12.2. The second-order valence-corrected chi connectivity index (χ2v) is 16.5. The predicted molar refractivity (Wildman–Crippen MR) is 249 cm³/mol. The van der Waals surface area contributed by atoms with Crippen LogP contribution in [0.2, 0.25) is 0 Å². The zero-order valence-electron chi connectivity index (χ0n) is 34.9. The van der Waals surface area contributed by atoms with E-state index in [0.29, 0.717) is 18.5 Å². The molecule has 0 atom stereocenters. The molecule has 6 nitrogen and oxygen atoms in total. The fourth-order valence-electron chi connectivity index (χ4n) is 9.36. The van der Waals surface area contributed by atoms with Gasteiger partial charge in [0.05, 0.1) is 28.9 Å². The maximum atomic E-state index is 6.76. The molecule has 0 fully saturated rings. The molecule has 294 valence electrons. The number of hydrogen-bond acceptors (Lipinski definition) is 4. The van der Waals surface area contributed by atoms with Gasteiger partial charge in [-0.1, -0.05) is 143 Å². The van der Waals surface area contributed by atoms with Crippen LogP contribution in [0, 0.1) is 0 Å². The van der Waals surface area contributed by atoms with Gasteiger partial charge in [0.1, 0.15) is 23.9 Å². The number of para-hydroxylation sites is 3. The lowest BCUT2D eigenvalue weighted by molar-refractivity contribution is -0.621. The Hall–Kier alpha value is -6.99. The number of hydrogen-bond donors (Lipinski definition) is 0. The van der Waals surface area contributed by atoms with Crippen LogP contribution >= 0.6 is 0 Å². The van der Waals surface area contributed by atoms with Crippen LogP contribution in [0.15, 0.2) is 182 Å². The molecule has 0 unspecified atom stereocenters. The van der Waals surface area contributed by atoms with Gasteiger partial charge in [-0.15, -0.1) is 4.68 Å². The predicted octanol–water partition coefficient (Wildman–Crippen LogP) is 12.1. The fourth-order valence-corrected chi connectivity index (χ4v) is 9.36. The Balaban J connectivity index is 0.990. The molecule has 7 heteroatoms. The topological polar surface area (TPSA) is 27.8 Å². The SMILES string of the molecule is CC(C)c1cccc(C(C)C)c1B1N(C)c2ccc(Oc3cccc(N4CN(c5c(-c6ccccc6)cccc5-c5ccccc5)c5ccccc54)c3)cc2-n2ccc[n+]21. The highest BCUT2D eigenvalue weighted by atomic mass is 16.5. The van der Waals surface area contributed by atoms with E-state index in [4.69, 9.17) is 4.74 Å². The quantitative estimate of drug-likeness (QED) is 0.136. The zero-order valence-corrected chi connectivity index (χ0v) is 34.9. The van der Waals surface area contributed by atoms with Crippen LogP contribution in [0.3, 0.4) is 0 Å². The molecule has 0 spiro atoms. The number of ether oxygens (including phenoxy) is 1. The summed E-state index contributed by atoms with van der Waals surface area (Å²) in [5, 5.41) is 0. The molecule has 7 aromatic carbocycles. The second-order valence-electron chi connectivity index (χ2n) is 16.5. The molecular weight excluding hydrogens is 733 g/mol. The number of rotatable bonds is 9. The summed E-state index contributed by atoms with van der Waals surface area (Å²) in [6.07, 6.45) is 4.35. The van der Waals surface area contributed by atoms with E-state index in [1.165, 1.54) is 44.5 Å². The first-order valence-corrected chi connectivity index (χ1v) is 21.1. The number of benzene rings is 7. The molecule has 2 aliphatic heterocycles. The third kappa shape index (κ3) is 6.42. The van der Waals surface area contributed by atoms with Gasteiger partial charge >= 0.3 is 6.98 Å². The lowest BCUT2D eigenvalue weighted by atomic mass is 9.59. The molecule has 0 N–H and O–H groups in total. The highest BCUT2D eigenvalue weighted by Crippen LogP contribution is 2.50. The van der Waals surface area contributed by atoms with E-state index in [0.717, 1.165) is 39.9 Å². The molecular formula is C53H49BN5O+. The minimum Gasteiger partial charge on any atom is -0.457 e. The second kappa shape index (κ2) is 15.3. The van der Waals surface area contributed by atoms with Crippen molar-refractivity contribution in [1.82, 2.24) is 4.68 Å². The first-order valence-electron chi connectivity index (χ1n) is 21.1. The summed E-state index contributed by atoms with van der Waals surface area (Å²) in [4.78, 5) is 7.28. The van der Waals surface area contributed by atoms with Crippen molar-refractivity contribution in [2.24, 2.45) is 0 Å². The van der Waals surface area contributed by atoms with Gasteiger partial charge in [-0.05, 0) is 70.5 Å². The first kappa shape index (κ1) is 37.3. The van der Waals surface area contributed by atoms with E-state index < -0.39 is 0 Å². The molecule has 1 aromatic heterocycles. The molecule has 8 aromatic rings. The summed E-state index contributed by atoms with van der Waals surface area (Å²) in [6, 6.07) is 60.8. The highest BCUT2D eigenvalue weighted by molar-refractivity contribution is 6.70. The van der Waals surface area contributed by atoms with Gasteiger partial charge in [0, 0.05) is 47.5 Å². The average molecular weight is 783 g/mol. The summed E-state index contributed by atoms with van der Waals surface area (Å²) in [5.41, 5.74) is 15.8. The van der Waals surface area contributed by atoms with E-state index in [9.17, 15) is 0 Å². The van der Waals surface area contributed by atoms with Crippen LogP contribution in [-0.2, 0) is 0 Å². The number of anilines is 5. The van der Waals surface area contributed by atoms with Crippen molar-refractivity contribution < 1.29 is 9.33 Å². The molecule has 3 heterocycles. The van der Waals surface area contributed by atoms with Crippen LogP contribution in [0.1, 0.15) is 50.7 Å². The lowest BCUT2D eigenvalue weighted by Crippen LogP contribution is -2.74. The van der Waals surface area contributed by atoms with Crippen molar-refractivity contribution in [3.63, 3.8) is 0 Å². The largest absolute Gasteiger partial charge is 0.677 e. The van der Waals surface area contributed by atoms with Gasteiger partial charge in [0.25, 0.3) is 0 Å². The normalized spacial score (nSPS) is 13.2. The van der Waals surface area contributed by atoms with Crippen molar-refractivity contribution in [3.05, 3.63) is 193 Å². The maximum absolute atomic E-state index is 6.76. The smallest absolute Gasteiger partial charge is 0.457 e. The molecule has 0 amide bonds. The number of nitrogens with zero attached hydrogens (tertiary/aromatic N) is 5. The van der Waals surface area contributed by atoms with E-state index in [1.807, 2.05) is 0 Å². The Bertz CT molecular complexity index is 2750. The van der Waals surface area contributed by atoms with Gasteiger partial charge in [0.2, 0.25) is 0 Å². The van der Waals surface area contributed by atoms with E-state index >= 15 is 0 Å². The summed E-state index contributed by atoms with van der Waals surface area (Å²) < 4.78 is 11.4. The lowest BCUT2D eigenvalue weighted by Gasteiger charge is -2.31. The minimum absolute atomic E-state index is 0.0123. The number of aromatic nitrogens is 2. The number of fused-ring (bicyclic) bond motifs is 4. The van der Waals surface area contributed by atoms with Gasteiger partial charge in [-0.3, -0.25) is 0 Å².